The summed E-state index contributed by atoms with van der Waals surface area (Å²) in [5.41, 5.74) is 4.00. The van der Waals surface area contributed by atoms with E-state index in [0.717, 1.165) is 22.1 Å². The molecule has 4 aliphatic heterocycles. The van der Waals surface area contributed by atoms with Gasteiger partial charge in [-0.3, -0.25) is 19.9 Å². The van der Waals surface area contributed by atoms with E-state index in [4.69, 9.17) is 62.7 Å². The summed E-state index contributed by atoms with van der Waals surface area (Å²) in [5.74, 6) is 0. The molecule has 4 N–H and O–H groups in total. The van der Waals surface area contributed by atoms with Crippen molar-refractivity contribution in [1.29, 1.82) is 0 Å². The summed E-state index contributed by atoms with van der Waals surface area (Å²) in [4.78, 5) is 23.8. The maximum atomic E-state index is 7.50. The average Bonchev–Trinajstić information content (AvgIpc) is 4.25. The Bertz CT molecular complexity index is 2630. The van der Waals surface area contributed by atoms with Gasteiger partial charge in [-0.15, -0.1) is 47.0 Å². The molecule has 74 heavy (non-hydrogen) atoms. The summed E-state index contributed by atoms with van der Waals surface area (Å²) in [6.07, 6.45) is 16.1. The molecule has 2 aromatic carbocycles. The van der Waals surface area contributed by atoms with Gasteiger partial charge in [0.25, 0.3) is 0 Å². The van der Waals surface area contributed by atoms with Crippen molar-refractivity contribution in [2.24, 2.45) is 0 Å². The second-order valence-corrected chi connectivity index (χ2v) is 26.6. The summed E-state index contributed by atoms with van der Waals surface area (Å²) in [6.45, 7) is 27.0. The van der Waals surface area contributed by atoms with Crippen LogP contribution in [-0.2, 0) is 68.8 Å². The molecule has 0 saturated carbocycles. The molecule has 8 heterocycles. The van der Waals surface area contributed by atoms with Crippen LogP contribution in [0.2, 0.25) is 0 Å². The van der Waals surface area contributed by atoms with E-state index in [9.17, 15) is 0 Å². The molecule has 4 aliphatic rings. The average molecular weight is 1660 g/mol. The molecule has 0 bridgehead atoms. The predicted octanol–water partition coefficient (Wildman–Crippen LogP) is 8.99. The fourth-order valence-corrected chi connectivity index (χ4v) is 21.9. The van der Waals surface area contributed by atoms with Gasteiger partial charge in [0.05, 0.1) is 56.0 Å². The van der Waals surface area contributed by atoms with E-state index in [2.05, 4.69) is 109 Å². The van der Waals surface area contributed by atoms with Crippen LogP contribution in [0.4, 0.5) is 0 Å². The van der Waals surface area contributed by atoms with Crippen LogP contribution < -0.4 is 24.8 Å². The molecule has 2 radical (unpaired) electrons. The summed E-state index contributed by atoms with van der Waals surface area (Å²) in [5, 5.41) is 4.83. The fourth-order valence-electron chi connectivity index (χ4n) is 5.79. The molecular weight excluding hydrogens is 1630 g/mol. The molecule has 0 atom stereocenters. The van der Waals surface area contributed by atoms with E-state index in [-0.39, 0.29) is 76.6 Å². The van der Waals surface area contributed by atoms with Crippen LogP contribution in [0.15, 0.2) is 127 Å². The number of alkyl halides is 3. The minimum Gasteiger partial charge on any atom is -1.00 e. The molecule has 31 heteroatoms. The Morgan fingerprint density at radius 1 is 0.378 bits per heavy atom. The van der Waals surface area contributed by atoms with Gasteiger partial charge in [0.2, 0.25) is 0 Å². The van der Waals surface area contributed by atoms with Gasteiger partial charge in [-0.1, -0.05) is 153 Å². The zero-order valence-corrected chi connectivity index (χ0v) is 56.3. The molecule has 0 spiro atoms. The number of pyridine rings is 4. The number of rotatable bonds is 4. The Hall–Kier alpha value is 0.375. The van der Waals surface area contributed by atoms with Gasteiger partial charge < -0.3 is 35.8 Å². The second kappa shape index (κ2) is 46.0. The third kappa shape index (κ3) is 21.0. The van der Waals surface area contributed by atoms with Crippen LogP contribution in [0, 0.1) is 39.9 Å². The molecule has 392 valence electrons. The standard InChI is InChI=1S/2C18H12N2S6.CHCl3.6CO.2ClH.2H2O.2Re/c2*1-21-15-16(22-2)26-18(25-15)17-23-13-9-5-3-7-19-11(9)12-10(14(13)24-17)6-4-8-20-12;2-1(3)4;6*1-2;;;;;;/h2*3-8H,1-2H3;1H;;;;;;;2*1H;2*1H2;;/p-2. The topological polar surface area (TPSA) is 234 Å². The molecule has 0 aliphatic carbocycles. The van der Waals surface area contributed by atoms with Crippen LogP contribution in [0.25, 0.3) is 43.6 Å². The van der Waals surface area contributed by atoms with Crippen molar-refractivity contribution in [3.05, 3.63) is 147 Å². The van der Waals surface area contributed by atoms with E-state index in [0.29, 0.717) is 0 Å². The van der Waals surface area contributed by atoms with E-state index >= 15 is 0 Å². The normalized spacial score (nSPS) is 12.6. The van der Waals surface area contributed by atoms with Crippen molar-refractivity contribution in [2.75, 3.05) is 25.0 Å². The van der Waals surface area contributed by atoms with Crippen LogP contribution >= 0.6 is 176 Å². The summed E-state index contributed by atoms with van der Waals surface area (Å²) >= 11 is 37.0. The third-order valence-corrected chi connectivity index (χ3v) is 24.8. The second-order valence-electron chi connectivity index (χ2n) is 11.1. The minimum atomic E-state index is -0.750. The van der Waals surface area contributed by atoms with Crippen molar-refractivity contribution in [1.82, 2.24) is 19.9 Å². The molecular formula is C43H29Cl5N4O8Re2S12-2. The maximum absolute atomic E-state index is 7.50. The molecule has 0 fully saturated rings. The van der Waals surface area contributed by atoms with Gasteiger partial charge in [0.15, 0.2) is 4.30 Å². The zero-order chi connectivity index (χ0) is 50.9. The number of aromatic nitrogens is 4. The number of hydrogen-bond acceptors (Lipinski definition) is 16. The van der Waals surface area contributed by atoms with Gasteiger partial charge >= 0.3 is 67.8 Å². The van der Waals surface area contributed by atoms with E-state index < -0.39 is 4.30 Å². The number of benzene rings is 2. The molecule has 0 saturated heterocycles. The quantitative estimate of drug-likeness (QED) is 0.0693. The first-order valence-corrected chi connectivity index (χ1v) is 30.1. The molecule has 10 rings (SSSR count). The Morgan fingerprint density at radius 2 is 0.541 bits per heavy atom. The Morgan fingerprint density at radius 3 is 0.703 bits per heavy atom. The van der Waals surface area contributed by atoms with Crippen molar-refractivity contribution in [3.8, 4) is 0 Å². The Balaban J connectivity index is -0.000000317. The van der Waals surface area contributed by atoms with Gasteiger partial charge in [-0.2, -0.15) is 0 Å². The van der Waals surface area contributed by atoms with E-state index in [1.165, 1.54) is 75.0 Å². The van der Waals surface area contributed by atoms with Crippen LogP contribution in [-0.4, -0.2) is 60.2 Å². The van der Waals surface area contributed by atoms with Crippen molar-refractivity contribution >= 4 is 220 Å². The molecule has 0 unspecified atom stereocenters. The van der Waals surface area contributed by atoms with Crippen LogP contribution in [0.5, 0.6) is 0 Å². The van der Waals surface area contributed by atoms with Gasteiger partial charge in [-0.25, -0.2) is 0 Å². The first-order valence-electron chi connectivity index (χ1n) is 17.3. The van der Waals surface area contributed by atoms with Gasteiger partial charge in [0, 0.05) is 107 Å². The number of nitrogens with zero attached hydrogens (tertiary/aromatic N) is 4. The Kier molecular flexibility index (Phi) is 51.8. The minimum absolute atomic E-state index is 0. The number of halogens is 5. The largest absolute Gasteiger partial charge is 1.00 e. The van der Waals surface area contributed by atoms with Crippen molar-refractivity contribution in [2.45, 2.75) is 23.9 Å². The summed E-state index contributed by atoms with van der Waals surface area (Å²) in [6, 6.07) is 16.8. The number of fused-ring (bicyclic) bond motifs is 12. The maximum Gasteiger partial charge on any atom is 0 e. The van der Waals surface area contributed by atoms with Crippen LogP contribution in [0.1, 0.15) is 0 Å². The van der Waals surface area contributed by atoms with E-state index in [1.54, 1.807) is 0 Å². The molecule has 6 aromatic rings. The smallest absolute Gasteiger partial charge is 0 e. The number of hydrogen-bond donors (Lipinski definition) is 0. The van der Waals surface area contributed by atoms with Gasteiger partial charge in [-0.05, 0) is 49.3 Å². The molecule has 0 amide bonds. The fraction of sp³-hybridized carbons (Fsp3) is 0.116. The predicted molar refractivity (Wildman–Crippen MR) is 302 cm³/mol. The summed E-state index contributed by atoms with van der Waals surface area (Å²) < 4.78 is 55.5. The third-order valence-electron chi connectivity index (χ3n) is 8.00. The van der Waals surface area contributed by atoms with Gasteiger partial charge in [0.1, 0.15) is 0 Å². The Labute approximate surface area is 533 Å². The molecule has 12 nitrogen and oxygen atoms in total. The SMILES string of the molecule is CSC1=C(SC)SC(=C2Sc3c(c4cccnc4c4ncccc34)S2)S1.CSC1=C(SC)SC(=C2Sc3c(c4cccnc4c4ncccc34)S2)S1.ClC(Cl)Cl.O.O.[C-]#[O+].[C-]#[O+].[C-]#[O+].[C-]#[O+].[C-]#[O+].[C-]#[O+].[Cl-].[Cl-].[Re].[Re]. The van der Waals surface area contributed by atoms with Crippen molar-refractivity contribution < 1.29 is 105 Å². The monoisotopic (exact) mass is 1660 g/mol. The zero-order valence-electron chi connectivity index (χ0n) is 37.3. The summed E-state index contributed by atoms with van der Waals surface area (Å²) in [7, 11) is 0. The van der Waals surface area contributed by atoms with Crippen molar-refractivity contribution in [3.63, 3.8) is 0 Å². The van der Waals surface area contributed by atoms with E-state index in [1.807, 2.05) is 190 Å². The first kappa shape index (κ1) is 83.2. The number of thioether (sulfide) groups is 12. The first-order chi connectivity index (χ1) is 33.3. The van der Waals surface area contributed by atoms with Crippen LogP contribution in [0.3, 0.4) is 0 Å². The molecule has 4 aromatic heterocycles.